The molecule has 1 atom stereocenters. The molecule has 0 aliphatic carbocycles. The van der Waals surface area contributed by atoms with E-state index in [1.807, 2.05) is 0 Å². The van der Waals surface area contributed by atoms with Gasteiger partial charge in [0.25, 0.3) is 0 Å². The van der Waals surface area contributed by atoms with Crippen LogP contribution in [0.1, 0.15) is 37.4 Å². The first-order valence-corrected chi connectivity index (χ1v) is 6.50. The van der Waals surface area contributed by atoms with Crippen molar-refractivity contribution in [2.24, 2.45) is 0 Å². The Kier molecular flexibility index (Phi) is 5.23. The van der Waals surface area contributed by atoms with Crippen LogP contribution in [-0.2, 0) is 0 Å². The Labute approximate surface area is 107 Å². The fourth-order valence-electron chi connectivity index (χ4n) is 1.72. The molecule has 1 unspecified atom stereocenters. The average molecular weight is 282 g/mol. The van der Waals surface area contributed by atoms with Crippen molar-refractivity contribution in [2.45, 2.75) is 33.2 Å². The van der Waals surface area contributed by atoms with Gasteiger partial charge in [-0.1, -0.05) is 52.7 Å². The van der Waals surface area contributed by atoms with E-state index in [1.165, 1.54) is 11.1 Å². The minimum atomic E-state index is 0.245. The second-order valence-electron chi connectivity index (χ2n) is 4.26. The van der Waals surface area contributed by atoms with Gasteiger partial charge in [0.1, 0.15) is 0 Å². The lowest BCUT2D eigenvalue weighted by Gasteiger charge is -2.21. The number of aryl methyl sites for hydroxylation is 1. The van der Waals surface area contributed by atoms with Crippen molar-refractivity contribution in [1.82, 2.24) is 5.32 Å². The molecule has 0 aliphatic heterocycles. The van der Waals surface area contributed by atoms with Gasteiger partial charge in [-0.3, -0.25) is 0 Å². The second kappa shape index (κ2) is 6.21. The van der Waals surface area contributed by atoms with Crippen LogP contribution < -0.4 is 5.32 Å². The number of benzene rings is 1. The van der Waals surface area contributed by atoms with Gasteiger partial charge in [0.2, 0.25) is 0 Å². The van der Waals surface area contributed by atoms with Gasteiger partial charge in [0, 0.05) is 4.47 Å². The van der Waals surface area contributed by atoms with Crippen LogP contribution in [0.2, 0.25) is 0 Å². The summed E-state index contributed by atoms with van der Waals surface area (Å²) in [6.07, 6.45) is 1.13. The molecule has 88 valence electrons. The van der Waals surface area contributed by atoms with Crippen LogP contribution in [-0.4, -0.2) is 6.54 Å². The summed E-state index contributed by atoms with van der Waals surface area (Å²) in [7, 11) is 0. The molecule has 1 N–H and O–H groups in total. The molecule has 0 aromatic heterocycles. The standard InChI is InChI=1S/C14H20BrN/c1-5-8-16-14(10(2)3)12-9-11(4)6-7-13(12)15/h6-7,9,14,16H,2,5,8H2,1,3-4H3. The van der Waals surface area contributed by atoms with E-state index in [4.69, 9.17) is 0 Å². The van der Waals surface area contributed by atoms with Gasteiger partial charge in [-0.25, -0.2) is 0 Å². The van der Waals surface area contributed by atoms with Crippen molar-refractivity contribution in [3.8, 4) is 0 Å². The summed E-state index contributed by atoms with van der Waals surface area (Å²) in [5.74, 6) is 0. The Morgan fingerprint density at radius 1 is 1.50 bits per heavy atom. The highest BCUT2D eigenvalue weighted by Crippen LogP contribution is 2.28. The number of halogens is 1. The quantitative estimate of drug-likeness (QED) is 0.790. The second-order valence-corrected chi connectivity index (χ2v) is 5.11. The molecule has 0 heterocycles. The van der Waals surface area contributed by atoms with Gasteiger partial charge in [-0.2, -0.15) is 0 Å². The molecule has 0 spiro atoms. The molecule has 1 rings (SSSR count). The summed E-state index contributed by atoms with van der Waals surface area (Å²) in [6, 6.07) is 6.68. The molecule has 1 aromatic carbocycles. The maximum Gasteiger partial charge on any atom is 0.0542 e. The first-order valence-electron chi connectivity index (χ1n) is 5.71. The fraction of sp³-hybridized carbons (Fsp3) is 0.429. The minimum absolute atomic E-state index is 0.245. The third-order valence-corrected chi connectivity index (χ3v) is 3.28. The number of nitrogens with one attached hydrogen (secondary N) is 1. The van der Waals surface area contributed by atoms with Gasteiger partial charge in [0.15, 0.2) is 0 Å². The molecule has 0 aliphatic rings. The van der Waals surface area contributed by atoms with E-state index >= 15 is 0 Å². The zero-order valence-electron chi connectivity index (χ0n) is 10.3. The van der Waals surface area contributed by atoms with Crippen molar-refractivity contribution in [1.29, 1.82) is 0 Å². The SMILES string of the molecule is C=C(C)C(NCCC)c1cc(C)ccc1Br. The summed E-state index contributed by atoms with van der Waals surface area (Å²) in [4.78, 5) is 0. The molecule has 1 aromatic rings. The van der Waals surface area contributed by atoms with E-state index in [0.717, 1.165) is 23.0 Å². The Balaban J connectivity index is 3.00. The Bertz CT molecular complexity index is 371. The Morgan fingerprint density at radius 3 is 2.75 bits per heavy atom. The molecule has 0 saturated carbocycles. The first-order chi connectivity index (χ1) is 7.56. The molecular formula is C14H20BrN. The van der Waals surface area contributed by atoms with E-state index in [1.54, 1.807) is 0 Å². The number of rotatable bonds is 5. The number of hydrogen-bond donors (Lipinski definition) is 1. The van der Waals surface area contributed by atoms with Crippen LogP contribution >= 0.6 is 15.9 Å². The van der Waals surface area contributed by atoms with Gasteiger partial charge in [-0.05, 0) is 38.4 Å². The van der Waals surface area contributed by atoms with Gasteiger partial charge in [0.05, 0.1) is 6.04 Å². The highest BCUT2D eigenvalue weighted by Gasteiger charge is 2.14. The molecule has 0 bridgehead atoms. The van der Waals surface area contributed by atoms with Crippen LogP contribution in [0.25, 0.3) is 0 Å². The van der Waals surface area contributed by atoms with Crippen LogP contribution in [0.3, 0.4) is 0 Å². The van der Waals surface area contributed by atoms with Crippen LogP contribution in [0.4, 0.5) is 0 Å². The predicted octanol–water partition coefficient (Wildman–Crippen LogP) is 4.37. The largest absolute Gasteiger partial charge is 0.307 e. The van der Waals surface area contributed by atoms with Crippen molar-refractivity contribution < 1.29 is 0 Å². The maximum absolute atomic E-state index is 4.07. The molecule has 1 nitrogen and oxygen atoms in total. The van der Waals surface area contributed by atoms with E-state index < -0.39 is 0 Å². The topological polar surface area (TPSA) is 12.0 Å². The summed E-state index contributed by atoms with van der Waals surface area (Å²) in [5, 5.41) is 3.52. The van der Waals surface area contributed by atoms with Gasteiger partial charge in [-0.15, -0.1) is 0 Å². The molecule has 16 heavy (non-hydrogen) atoms. The van der Waals surface area contributed by atoms with Crippen molar-refractivity contribution in [2.75, 3.05) is 6.54 Å². The Morgan fingerprint density at radius 2 is 2.19 bits per heavy atom. The monoisotopic (exact) mass is 281 g/mol. The van der Waals surface area contributed by atoms with E-state index in [9.17, 15) is 0 Å². The lowest BCUT2D eigenvalue weighted by atomic mass is 9.99. The lowest BCUT2D eigenvalue weighted by molar-refractivity contribution is 0.589. The van der Waals surface area contributed by atoms with E-state index in [-0.39, 0.29) is 6.04 Å². The first kappa shape index (κ1) is 13.5. The van der Waals surface area contributed by atoms with Crippen molar-refractivity contribution in [3.05, 3.63) is 46.0 Å². The van der Waals surface area contributed by atoms with Crippen LogP contribution in [0, 0.1) is 6.92 Å². The summed E-state index contributed by atoms with van der Waals surface area (Å²) in [5.41, 5.74) is 3.71. The lowest BCUT2D eigenvalue weighted by Crippen LogP contribution is -2.23. The third kappa shape index (κ3) is 3.46. The smallest absolute Gasteiger partial charge is 0.0542 e. The summed E-state index contributed by atoms with van der Waals surface area (Å²) in [6.45, 7) is 11.4. The van der Waals surface area contributed by atoms with Gasteiger partial charge >= 0.3 is 0 Å². The van der Waals surface area contributed by atoms with E-state index in [0.29, 0.717) is 0 Å². The van der Waals surface area contributed by atoms with Crippen molar-refractivity contribution in [3.63, 3.8) is 0 Å². The summed E-state index contributed by atoms with van der Waals surface area (Å²) >= 11 is 3.61. The van der Waals surface area contributed by atoms with Crippen LogP contribution in [0.15, 0.2) is 34.8 Å². The zero-order valence-corrected chi connectivity index (χ0v) is 11.9. The fourth-order valence-corrected chi connectivity index (χ4v) is 2.20. The maximum atomic E-state index is 4.07. The number of hydrogen-bond acceptors (Lipinski definition) is 1. The molecule has 2 heteroatoms. The highest BCUT2D eigenvalue weighted by atomic mass is 79.9. The molecule has 0 saturated heterocycles. The minimum Gasteiger partial charge on any atom is -0.307 e. The zero-order chi connectivity index (χ0) is 12.1. The van der Waals surface area contributed by atoms with E-state index in [2.05, 4.69) is 66.8 Å². The molecule has 0 fully saturated rings. The predicted molar refractivity (Wildman–Crippen MR) is 74.7 cm³/mol. The van der Waals surface area contributed by atoms with Gasteiger partial charge < -0.3 is 5.32 Å². The Hall–Kier alpha value is -0.600. The van der Waals surface area contributed by atoms with Crippen molar-refractivity contribution >= 4 is 15.9 Å². The van der Waals surface area contributed by atoms with Crippen LogP contribution in [0.5, 0.6) is 0 Å². The third-order valence-electron chi connectivity index (χ3n) is 2.55. The molecule has 0 radical (unpaired) electrons. The molecule has 0 amide bonds. The average Bonchev–Trinajstić information content (AvgIpc) is 2.23. The summed E-state index contributed by atoms with van der Waals surface area (Å²) < 4.78 is 1.15. The normalized spacial score (nSPS) is 12.5. The molecular weight excluding hydrogens is 262 g/mol. The highest BCUT2D eigenvalue weighted by molar-refractivity contribution is 9.10.